The molecule has 7 heteroatoms. The van der Waals surface area contributed by atoms with Crippen molar-refractivity contribution in [2.75, 3.05) is 13.1 Å². The van der Waals surface area contributed by atoms with Gasteiger partial charge in [-0.2, -0.15) is 0 Å². The zero-order valence-electron chi connectivity index (χ0n) is 16.4. The zero-order chi connectivity index (χ0) is 20.0. The molecule has 1 unspecified atom stereocenters. The molecule has 0 fully saturated rings. The molecule has 0 saturated heterocycles. The van der Waals surface area contributed by atoms with Crippen LogP contribution in [0.4, 0.5) is 0 Å². The Hall–Kier alpha value is -2.64. The minimum absolute atomic E-state index is 0.281. The average molecular weight is 399 g/mol. The van der Waals surface area contributed by atoms with E-state index in [2.05, 4.69) is 32.7 Å². The number of aryl methyl sites for hydroxylation is 1. The van der Waals surface area contributed by atoms with Gasteiger partial charge in [-0.1, -0.05) is 30.3 Å². The molecule has 28 heavy (non-hydrogen) atoms. The molecule has 0 saturated carbocycles. The Bertz CT molecular complexity index is 902. The Morgan fingerprint density at radius 3 is 2.68 bits per heavy atom. The molecule has 0 spiro atoms. The molecule has 0 amide bonds. The first kappa shape index (κ1) is 20.1. The molecule has 2 aromatic heterocycles. The molecule has 0 aliphatic heterocycles. The van der Waals surface area contributed by atoms with Gasteiger partial charge >= 0.3 is 0 Å². The summed E-state index contributed by atoms with van der Waals surface area (Å²) in [5.41, 5.74) is 0.983. The number of hydrogen-bond donors (Lipinski definition) is 3. The second kappa shape index (κ2) is 9.03. The molecular formula is C21H26N4O2S. The van der Waals surface area contributed by atoms with Crippen LogP contribution in [-0.4, -0.2) is 29.1 Å². The highest BCUT2D eigenvalue weighted by atomic mass is 32.1. The van der Waals surface area contributed by atoms with Crippen LogP contribution in [0.2, 0.25) is 0 Å². The summed E-state index contributed by atoms with van der Waals surface area (Å²) in [5.74, 6) is 1.16. The zero-order valence-corrected chi connectivity index (χ0v) is 17.2. The number of furan rings is 1. The maximum absolute atomic E-state index is 10.6. The quantitative estimate of drug-likeness (QED) is 0.418. The third-order valence-corrected chi connectivity index (χ3v) is 5.48. The van der Waals surface area contributed by atoms with Crippen molar-refractivity contribution in [2.45, 2.75) is 32.9 Å². The minimum Gasteiger partial charge on any atom is -0.466 e. The highest BCUT2D eigenvalue weighted by Crippen LogP contribution is 2.28. The molecule has 2 heterocycles. The van der Waals surface area contributed by atoms with Crippen LogP contribution in [0.15, 0.2) is 58.1 Å². The van der Waals surface area contributed by atoms with Gasteiger partial charge in [-0.3, -0.25) is 0 Å². The average Bonchev–Trinajstić information content (AvgIpc) is 3.35. The van der Waals surface area contributed by atoms with Gasteiger partial charge in [-0.15, -0.1) is 11.3 Å². The van der Waals surface area contributed by atoms with Crippen molar-refractivity contribution in [3.63, 3.8) is 0 Å². The summed E-state index contributed by atoms with van der Waals surface area (Å²) < 4.78 is 5.32. The van der Waals surface area contributed by atoms with Crippen molar-refractivity contribution in [3.8, 4) is 10.6 Å². The molecular weight excluding hydrogens is 372 g/mol. The lowest BCUT2D eigenvalue weighted by Gasteiger charge is -2.22. The van der Waals surface area contributed by atoms with Crippen molar-refractivity contribution >= 4 is 17.3 Å². The van der Waals surface area contributed by atoms with Crippen molar-refractivity contribution < 1.29 is 9.52 Å². The first-order valence-electron chi connectivity index (χ1n) is 9.30. The monoisotopic (exact) mass is 398 g/mol. The van der Waals surface area contributed by atoms with Crippen molar-refractivity contribution in [1.82, 2.24) is 15.6 Å². The van der Waals surface area contributed by atoms with Gasteiger partial charge in [0.05, 0.1) is 25.0 Å². The van der Waals surface area contributed by atoms with Gasteiger partial charge in [0, 0.05) is 17.0 Å². The lowest BCUT2D eigenvalue weighted by atomic mass is 10.0. The summed E-state index contributed by atoms with van der Waals surface area (Å²) in [6.45, 7) is 7.26. The number of benzene rings is 1. The summed E-state index contributed by atoms with van der Waals surface area (Å²) in [6.07, 6.45) is 1.56. The maximum Gasteiger partial charge on any atom is 0.191 e. The predicted molar refractivity (Wildman–Crippen MR) is 113 cm³/mol. The van der Waals surface area contributed by atoms with Crippen molar-refractivity contribution in [1.29, 1.82) is 0 Å². The van der Waals surface area contributed by atoms with Gasteiger partial charge in [0.1, 0.15) is 16.4 Å². The van der Waals surface area contributed by atoms with E-state index in [4.69, 9.17) is 4.42 Å². The summed E-state index contributed by atoms with van der Waals surface area (Å²) in [7, 11) is 0. The molecule has 0 aliphatic rings. The van der Waals surface area contributed by atoms with E-state index in [0.29, 0.717) is 18.3 Å². The molecule has 3 N–H and O–H groups in total. The number of guanidine groups is 1. The third-order valence-electron chi connectivity index (χ3n) is 4.29. The highest BCUT2D eigenvalue weighted by Gasteiger charge is 2.26. The molecule has 6 nitrogen and oxygen atoms in total. The summed E-state index contributed by atoms with van der Waals surface area (Å²) >= 11 is 1.66. The number of aliphatic hydroxyl groups is 1. The molecule has 3 aromatic rings. The Labute approximate surface area is 169 Å². The molecule has 148 valence electrons. The fourth-order valence-corrected chi connectivity index (χ4v) is 3.69. The topological polar surface area (TPSA) is 82.7 Å². The Morgan fingerprint density at radius 1 is 1.21 bits per heavy atom. The van der Waals surface area contributed by atoms with Crippen LogP contribution in [0, 0.1) is 6.92 Å². The van der Waals surface area contributed by atoms with Crippen molar-refractivity contribution in [2.24, 2.45) is 4.99 Å². The van der Waals surface area contributed by atoms with Crippen LogP contribution in [0.1, 0.15) is 30.2 Å². The van der Waals surface area contributed by atoms with Gasteiger partial charge in [-0.05, 0) is 32.9 Å². The van der Waals surface area contributed by atoms with E-state index in [0.717, 1.165) is 27.7 Å². The highest BCUT2D eigenvalue weighted by molar-refractivity contribution is 7.15. The third kappa shape index (κ3) is 4.99. The van der Waals surface area contributed by atoms with Crippen LogP contribution in [-0.2, 0) is 12.1 Å². The van der Waals surface area contributed by atoms with Crippen LogP contribution in [0.3, 0.4) is 0 Å². The van der Waals surface area contributed by atoms with E-state index in [9.17, 15) is 5.11 Å². The van der Waals surface area contributed by atoms with Gasteiger partial charge in [-0.25, -0.2) is 9.98 Å². The van der Waals surface area contributed by atoms with Crippen LogP contribution < -0.4 is 10.6 Å². The van der Waals surface area contributed by atoms with Crippen LogP contribution >= 0.6 is 11.3 Å². The maximum atomic E-state index is 10.6. The number of thiazole rings is 1. The number of nitrogens with one attached hydrogen (secondary N) is 2. The largest absolute Gasteiger partial charge is 0.466 e. The van der Waals surface area contributed by atoms with E-state index >= 15 is 0 Å². The fourth-order valence-electron chi connectivity index (χ4n) is 2.70. The molecule has 0 bridgehead atoms. The fraction of sp³-hybridized carbons (Fsp3) is 0.333. The van der Waals surface area contributed by atoms with Gasteiger partial charge < -0.3 is 20.2 Å². The summed E-state index contributed by atoms with van der Waals surface area (Å²) in [4.78, 5) is 10.5. The minimum atomic E-state index is -1.12. The SMILES string of the molecule is CCNC(=NCc1sc(-c2ccccc2)nc1C)NCC(C)(O)c1ccco1. The molecule has 1 atom stereocenters. The molecule has 0 aliphatic carbocycles. The van der Waals surface area contributed by atoms with E-state index in [1.165, 1.54) is 0 Å². The first-order valence-corrected chi connectivity index (χ1v) is 10.1. The summed E-state index contributed by atoms with van der Waals surface area (Å²) in [5, 5.41) is 18.0. The molecule has 1 aromatic carbocycles. The Balaban J connectivity index is 1.68. The van der Waals surface area contributed by atoms with E-state index in [-0.39, 0.29) is 6.54 Å². The molecule has 0 radical (unpaired) electrons. The van der Waals surface area contributed by atoms with Crippen LogP contribution in [0.5, 0.6) is 0 Å². The number of aromatic nitrogens is 1. The van der Waals surface area contributed by atoms with Gasteiger partial charge in [0.2, 0.25) is 0 Å². The number of rotatable bonds is 7. The number of hydrogen-bond acceptors (Lipinski definition) is 5. The Morgan fingerprint density at radius 2 is 2.00 bits per heavy atom. The second-order valence-corrected chi connectivity index (χ2v) is 7.78. The van der Waals surface area contributed by atoms with Crippen LogP contribution in [0.25, 0.3) is 10.6 Å². The van der Waals surface area contributed by atoms with Crippen molar-refractivity contribution in [3.05, 3.63) is 65.1 Å². The number of aliphatic imine (C=N–C) groups is 1. The standard InChI is InChI=1S/C21H26N4O2S/c1-4-22-20(24-14-21(3,26)18-11-8-12-27-18)23-13-17-15(2)25-19(28-17)16-9-6-5-7-10-16/h5-12,26H,4,13-14H2,1-3H3,(H2,22,23,24). The summed E-state index contributed by atoms with van der Waals surface area (Å²) in [6, 6.07) is 13.7. The van der Waals surface area contributed by atoms with Gasteiger partial charge in [0.25, 0.3) is 0 Å². The predicted octanol–water partition coefficient (Wildman–Crippen LogP) is 3.67. The molecule has 3 rings (SSSR count). The van der Waals surface area contributed by atoms with Gasteiger partial charge in [0.15, 0.2) is 5.96 Å². The first-order chi connectivity index (χ1) is 13.5. The van der Waals surface area contributed by atoms with E-state index in [1.807, 2.05) is 32.0 Å². The second-order valence-electron chi connectivity index (χ2n) is 6.69. The lowest BCUT2D eigenvalue weighted by Crippen LogP contribution is -2.44. The number of nitrogens with zero attached hydrogens (tertiary/aromatic N) is 2. The normalized spacial score (nSPS) is 13.9. The van der Waals surface area contributed by atoms with E-state index in [1.54, 1.807) is 36.7 Å². The lowest BCUT2D eigenvalue weighted by molar-refractivity contribution is 0.0386. The van der Waals surface area contributed by atoms with E-state index < -0.39 is 5.60 Å². The Kier molecular flexibility index (Phi) is 6.49. The smallest absolute Gasteiger partial charge is 0.191 e.